The van der Waals surface area contributed by atoms with Crippen molar-refractivity contribution in [2.75, 3.05) is 12.3 Å². The third-order valence-electron chi connectivity index (χ3n) is 2.97. The summed E-state index contributed by atoms with van der Waals surface area (Å²) in [5.41, 5.74) is 7.37. The van der Waals surface area contributed by atoms with Crippen LogP contribution < -0.4 is 10.5 Å². The highest BCUT2D eigenvalue weighted by Crippen LogP contribution is 2.24. The first-order valence-corrected chi connectivity index (χ1v) is 8.59. The molecule has 2 aromatic rings. The topological polar surface area (TPSA) is 72.2 Å². The molecule has 3 N–H and O–H groups in total. The van der Waals surface area contributed by atoms with Gasteiger partial charge in [-0.2, -0.15) is 0 Å². The molecule has 20 heavy (non-hydrogen) atoms. The van der Waals surface area contributed by atoms with Gasteiger partial charge in [0.2, 0.25) is 10.0 Å². The lowest BCUT2D eigenvalue weighted by atomic mass is 10.1. The van der Waals surface area contributed by atoms with Gasteiger partial charge in [0, 0.05) is 22.0 Å². The molecule has 0 aliphatic carbocycles. The van der Waals surface area contributed by atoms with Crippen molar-refractivity contribution in [3.8, 4) is 0 Å². The van der Waals surface area contributed by atoms with Crippen molar-refractivity contribution in [3.05, 3.63) is 45.6 Å². The Balaban J connectivity index is 1.99. The van der Waals surface area contributed by atoms with Gasteiger partial charge in [-0.15, -0.1) is 11.3 Å². The second kappa shape index (κ2) is 5.95. The number of nitrogens with two attached hydrogens (primary N) is 1. The highest BCUT2D eigenvalue weighted by molar-refractivity contribution is 7.89. The number of nitrogen functional groups attached to an aromatic ring is 1. The monoisotopic (exact) mass is 310 g/mol. The molecule has 2 rings (SSSR count). The van der Waals surface area contributed by atoms with E-state index in [4.69, 9.17) is 5.73 Å². The lowest BCUT2D eigenvalue weighted by molar-refractivity contribution is 0.581. The zero-order valence-corrected chi connectivity index (χ0v) is 13.1. The van der Waals surface area contributed by atoms with Crippen molar-refractivity contribution in [2.24, 2.45) is 0 Å². The van der Waals surface area contributed by atoms with Gasteiger partial charge < -0.3 is 5.73 Å². The van der Waals surface area contributed by atoms with E-state index < -0.39 is 10.0 Å². The highest BCUT2D eigenvalue weighted by atomic mass is 32.2. The van der Waals surface area contributed by atoms with Crippen molar-refractivity contribution in [2.45, 2.75) is 25.2 Å². The summed E-state index contributed by atoms with van der Waals surface area (Å²) < 4.78 is 27.0. The standard InChI is InChI=1S/C14H18N2O2S2/c1-10-9-14(11(2)19-10)20(17,18)16-8-7-12-3-5-13(15)6-4-12/h3-6,9,16H,7-8,15H2,1-2H3. The predicted octanol–water partition coefficient (Wildman–Crippen LogP) is 2.47. The Morgan fingerprint density at radius 2 is 1.85 bits per heavy atom. The van der Waals surface area contributed by atoms with Crippen LogP contribution in [0.25, 0.3) is 0 Å². The molecule has 108 valence electrons. The first-order valence-electron chi connectivity index (χ1n) is 6.29. The summed E-state index contributed by atoms with van der Waals surface area (Å²) in [7, 11) is -3.41. The molecule has 0 saturated heterocycles. The van der Waals surface area contributed by atoms with Gasteiger partial charge in [-0.3, -0.25) is 0 Å². The van der Waals surface area contributed by atoms with E-state index in [1.807, 2.05) is 38.1 Å². The Labute approximate surface area is 123 Å². The smallest absolute Gasteiger partial charge is 0.241 e. The molecular formula is C14H18N2O2S2. The van der Waals surface area contributed by atoms with E-state index in [1.165, 1.54) is 11.3 Å². The molecule has 4 nitrogen and oxygen atoms in total. The van der Waals surface area contributed by atoms with E-state index in [9.17, 15) is 8.42 Å². The molecule has 1 aromatic carbocycles. The fourth-order valence-electron chi connectivity index (χ4n) is 1.97. The summed E-state index contributed by atoms with van der Waals surface area (Å²) in [6, 6.07) is 9.16. The number of sulfonamides is 1. The second-order valence-corrected chi connectivity index (χ2v) is 7.86. The molecule has 0 saturated carbocycles. The van der Waals surface area contributed by atoms with Crippen LogP contribution in [0.5, 0.6) is 0 Å². The largest absolute Gasteiger partial charge is 0.399 e. The normalized spacial score (nSPS) is 11.7. The van der Waals surface area contributed by atoms with Crippen LogP contribution in [0, 0.1) is 13.8 Å². The number of anilines is 1. The van der Waals surface area contributed by atoms with Crippen LogP contribution in [0.1, 0.15) is 15.3 Å². The highest BCUT2D eigenvalue weighted by Gasteiger charge is 2.18. The predicted molar refractivity (Wildman–Crippen MR) is 83.5 cm³/mol. The summed E-state index contributed by atoms with van der Waals surface area (Å²) in [5.74, 6) is 0. The molecule has 0 spiro atoms. The first-order chi connectivity index (χ1) is 9.38. The number of nitrogens with one attached hydrogen (secondary N) is 1. The van der Waals surface area contributed by atoms with Gasteiger partial charge in [-0.25, -0.2) is 13.1 Å². The van der Waals surface area contributed by atoms with Gasteiger partial charge in [-0.1, -0.05) is 12.1 Å². The SMILES string of the molecule is Cc1cc(S(=O)(=O)NCCc2ccc(N)cc2)c(C)s1. The van der Waals surface area contributed by atoms with Gasteiger partial charge in [0.15, 0.2) is 0 Å². The van der Waals surface area contributed by atoms with Gasteiger partial charge >= 0.3 is 0 Å². The van der Waals surface area contributed by atoms with Gasteiger partial charge in [-0.05, 0) is 44.0 Å². The lowest BCUT2D eigenvalue weighted by Gasteiger charge is -2.06. The zero-order valence-electron chi connectivity index (χ0n) is 11.5. The quantitative estimate of drug-likeness (QED) is 0.833. The number of rotatable bonds is 5. The average Bonchev–Trinajstić information content (AvgIpc) is 2.72. The minimum atomic E-state index is -3.41. The van der Waals surface area contributed by atoms with Gasteiger partial charge in [0.1, 0.15) is 0 Å². The number of thiophene rings is 1. The van der Waals surface area contributed by atoms with Crippen LogP contribution in [0.2, 0.25) is 0 Å². The van der Waals surface area contributed by atoms with Crippen molar-refractivity contribution < 1.29 is 8.42 Å². The fourth-order valence-corrected chi connectivity index (χ4v) is 4.55. The third-order valence-corrected chi connectivity index (χ3v) is 5.65. The summed E-state index contributed by atoms with van der Waals surface area (Å²) in [6.45, 7) is 4.11. The molecule has 0 unspecified atom stereocenters. The molecular weight excluding hydrogens is 292 g/mol. The fraction of sp³-hybridized carbons (Fsp3) is 0.286. The first kappa shape index (κ1) is 15.0. The lowest BCUT2D eigenvalue weighted by Crippen LogP contribution is -2.26. The maximum Gasteiger partial charge on any atom is 0.241 e. The molecule has 0 aliphatic heterocycles. The van der Waals surface area contributed by atoms with Crippen LogP contribution in [-0.2, 0) is 16.4 Å². The van der Waals surface area contributed by atoms with Crippen LogP contribution in [0.15, 0.2) is 35.2 Å². The summed E-state index contributed by atoms with van der Waals surface area (Å²) in [4.78, 5) is 2.21. The molecule has 0 fully saturated rings. The summed E-state index contributed by atoms with van der Waals surface area (Å²) in [5, 5.41) is 0. The minimum absolute atomic E-state index is 0.376. The molecule has 6 heteroatoms. The molecule has 0 aliphatic rings. The van der Waals surface area contributed by atoms with Gasteiger partial charge in [0.25, 0.3) is 0 Å². The van der Waals surface area contributed by atoms with Crippen molar-refractivity contribution in [3.63, 3.8) is 0 Å². The van der Waals surface area contributed by atoms with E-state index >= 15 is 0 Å². The Kier molecular flexibility index (Phi) is 4.47. The van der Waals surface area contributed by atoms with Gasteiger partial charge in [0.05, 0.1) is 4.90 Å². The number of hydrogen-bond acceptors (Lipinski definition) is 4. The van der Waals surface area contributed by atoms with Crippen LogP contribution >= 0.6 is 11.3 Å². The maximum atomic E-state index is 12.2. The number of aryl methyl sites for hydroxylation is 2. The van der Waals surface area contributed by atoms with Crippen molar-refractivity contribution in [1.29, 1.82) is 0 Å². The molecule has 0 radical (unpaired) electrons. The van der Waals surface area contributed by atoms with E-state index in [1.54, 1.807) is 6.07 Å². The zero-order chi connectivity index (χ0) is 14.8. The molecule has 0 atom stereocenters. The number of benzene rings is 1. The Hall–Kier alpha value is -1.37. The Morgan fingerprint density at radius 3 is 2.40 bits per heavy atom. The van der Waals surface area contributed by atoms with Crippen LogP contribution in [-0.4, -0.2) is 15.0 Å². The van der Waals surface area contributed by atoms with Crippen LogP contribution in [0.4, 0.5) is 5.69 Å². The van der Waals surface area contributed by atoms with Crippen molar-refractivity contribution >= 4 is 27.0 Å². The summed E-state index contributed by atoms with van der Waals surface area (Å²) in [6.07, 6.45) is 0.641. The Bertz CT molecular complexity index is 688. The average molecular weight is 310 g/mol. The third kappa shape index (κ3) is 3.59. The van der Waals surface area contributed by atoms with Crippen LogP contribution in [0.3, 0.4) is 0 Å². The number of hydrogen-bond donors (Lipinski definition) is 2. The summed E-state index contributed by atoms with van der Waals surface area (Å²) >= 11 is 1.49. The maximum absolute atomic E-state index is 12.2. The van der Waals surface area contributed by atoms with E-state index in [0.29, 0.717) is 23.5 Å². The molecule has 0 bridgehead atoms. The van der Waals surface area contributed by atoms with E-state index in [2.05, 4.69) is 4.72 Å². The van der Waals surface area contributed by atoms with E-state index in [0.717, 1.165) is 15.3 Å². The second-order valence-electron chi connectivity index (χ2n) is 4.67. The van der Waals surface area contributed by atoms with Crippen molar-refractivity contribution in [1.82, 2.24) is 4.72 Å². The minimum Gasteiger partial charge on any atom is -0.399 e. The molecule has 1 heterocycles. The molecule has 0 amide bonds. The van der Waals surface area contributed by atoms with E-state index in [-0.39, 0.29) is 0 Å². The molecule has 1 aromatic heterocycles. The Morgan fingerprint density at radius 1 is 1.20 bits per heavy atom.